The fourth-order valence-electron chi connectivity index (χ4n) is 4.17. The quantitative estimate of drug-likeness (QED) is 0.444. The van der Waals surface area contributed by atoms with Gasteiger partial charge in [-0.3, -0.25) is 9.59 Å². The third-order valence-corrected chi connectivity index (χ3v) is 6.12. The molecule has 3 aromatic carbocycles. The minimum absolute atomic E-state index is 0.227. The number of halogens is 1. The highest BCUT2D eigenvalue weighted by molar-refractivity contribution is 6.30. The summed E-state index contributed by atoms with van der Waals surface area (Å²) in [5, 5.41) is 12.0. The van der Waals surface area contributed by atoms with Crippen molar-refractivity contribution < 1.29 is 19.4 Å². The highest BCUT2D eigenvalue weighted by Crippen LogP contribution is 2.42. The first-order valence-electron chi connectivity index (χ1n) is 11.1. The maximum atomic E-state index is 13.3. The van der Waals surface area contributed by atoms with Crippen LogP contribution in [0.25, 0.3) is 0 Å². The van der Waals surface area contributed by atoms with Gasteiger partial charge in [-0.05, 0) is 42.3 Å². The number of hydrogen-bond donors (Lipinski definition) is 1. The van der Waals surface area contributed by atoms with Crippen molar-refractivity contribution in [3.05, 3.63) is 94.5 Å². The Balaban J connectivity index is 1.50. The van der Waals surface area contributed by atoms with E-state index in [2.05, 4.69) is 6.92 Å². The van der Waals surface area contributed by atoms with Gasteiger partial charge in [0, 0.05) is 16.1 Å². The summed E-state index contributed by atoms with van der Waals surface area (Å²) in [6, 6.07) is 21.4. The average molecular weight is 464 g/mol. The van der Waals surface area contributed by atoms with Gasteiger partial charge in [-0.15, -0.1) is 0 Å². The average Bonchev–Trinajstić information content (AvgIpc) is 3.03. The number of Topliss-reactive ketones (excluding diaryl/α,β-unsaturated/α-hetero) is 1. The van der Waals surface area contributed by atoms with Crippen molar-refractivity contribution in [1.29, 1.82) is 0 Å². The molecule has 0 bridgehead atoms. The Kier molecular flexibility index (Phi) is 6.82. The molecule has 3 aromatic rings. The van der Waals surface area contributed by atoms with Crippen molar-refractivity contribution in [2.45, 2.75) is 31.8 Å². The van der Waals surface area contributed by atoms with Crippen LogP contribution in [0.2, 0.25) is 5.02 Å². The zero-order chi connectivity index (χ0) is 23.4. The number of carbonyl (C=O) groups excluding carboxylic acids is 2. The number of fused-ring (bicyclic) bond motifs is 1. The monoisotopic (exact) mass is 463 g/mol. The maximum absolute atomic E-state index is 13.3. The van der Waals surface area contributed by atoms with Crippen LogP contribution in [0.15, 0.2) is 72.8 Å². The maximum Gasteiger partial charge on any atom is 0.264 e. The Morgan fingerprint density at radius 1 is 1.03 bits per heavy atom. The van der Waals surface area contributed by atoms with Crippen LogP contribution in [0, 0.1) is 0 Å². The number of aryl methyl sites for hydroxylation is 1. The Morgan fingerprint density at radius 2 is 1.73 bits per heavy atom. The van der Waals surface area contributed by atoms with E-state index in [9.17, 15) is 14.7 Å². The molecule has 6 heteroatoms. The van der Waals surface area contributed by atoms with Crippen molar-refractivity contribution in [3.8, 4) is 5.75 Å². The first kappa shape index (κ1) is 23.0. The predicted octanol–water partition coefficient (Wildman–Crippen LogP) is 5.18. The van der Waals surface area contributed by atoms with Crippen LogP contribution in [-0.4, -0.2) is 29.9 Å². The lowest BCUT2D eigenvalue weighted by Crippen LogP contribution is -2.43. The Labute approximate surface area is 198 Å². The Morgan fingerprint density at radius 3 is 2.42 bits per heavy atom. The molecule has 5 nitrogen and oxygen atoms in total. The molecule has 0 aliphatic carbocycles. The van der Waals surface area contributed by atoms with Crippen LogP contribution in [0.1, 0.15) is 41.3 Å². The van der Waals surface area contributed by atoms with Crippen molar-refractivity contribution >= 4 is 29.0 Å². The highest BCUT2D eigenvalue weighted by atomic mass is 35.5. The second kappa shape index (κ2) is 9.77. The summed E-state index contributed by atoms with van der Waals surface area (Å²) in [6.45, 7) is 2.56. The Hall–Kier alpha value is -3.15. The molecule has 0 spiro atoms. The molecule has 1 N–H and O–H groups in total. The molecule has 0 fully saturated rings. The number of aliphatic hydroxyl groups is 1. The van der Waals surface area contributed by atoms with E-state index in [0.717, 1.165) is 18.4 Å². The SMILES string of the molecule is CCCc1ccc(C(=O)CC2(O)C(=O)N(CCOc3ccc(Cl)cc3)c3ccccc32)cc1. The molecule has 4 rings (SSSR count). The van der Waals surface area contributed by atoms with E-state index in [1.165, 1.54) is 4.90 Å². The minimum atomic E-state index is -1.91. The molecule has 170 valence electrons. The normalized spacial score (nSPS) is 17.2. The summed E-state index contributed by atoms with van der Waals surface area (Å²) >= 11 is 5.90. The number of ketones is 1. The van der Waals surface area contributed by atoms with Crippen molar-refractivity contribution in [3.63, 3.8) is 0 Å². The number of benzene rings is 3. The van der Waals surface area contributed by atoms with E-state index in [4.69, 9.17) is 16.3 Å². The van der Waals surface area contributed by atoms with Gasteiger partial charge in [0.05, 0.1) is 18.7 Å². The number of nitrogens with zero attached hydrogens (tertiary/aromatic N) is 1. The third-order valence-electron chi connectivity index (χ3n) is 5.87. The topological polar surface area (TPSA) is 66.8 Å². The molecule has 1 atom stereocenters. The van der Waals surface area contributed by atoms with E-state index in [1.54, 1.807) is 60.7 Å². The van der Waals surface area contributed by atoms with Crippen LogP contribution in [0.5, 0.6) is 5.75 Å². The standard InChI is InChI=1S/C27H26ClNO4/c1-2-5-19-8-10-20(11-9-19)25(30)18-27(32)23-6-3-4-7-24(23)29(26(27)31)16-17-33-22-14-12-21(28)13-15-22/h3-4,6-15,32H,2,5,16-18H2,1H3. The first-order chi connectivity index (χ1) is 15.9. The van der Waals surface area contributed by atoms with Gasteiger partial charge in [0.25, 0.3) is 5.91 Å². The lowest BCUT2D eigenvalue weighted by Gasteiger charge is -2.23. The molecule has 0 radical (unpaired) electrons. The number of amides is 1. The number of carbonyl (C=O) groups is 2. The van der Waals surface area contributed by atoms with Gasteiger partial charge < -0.3 is 14.7 Å². The third kappa shape index (κ3) is 4.80. The second-order valence-electron chi connectivity index (χ2n) is 8.18. The smallest absolute Gasteiger partial charge is 0.264 e. The summed E-state index contributed by atoms with van der Waals surface area (Å²) in [5.41, 5.74) is 0.768. The number of para-hydroxylation sites is 1. The van der Waals surface area contributed by atoms with Gasteiger partial charge in [0.1, 0.15) is 12.4 Å². The van der Waals surface area contributed by atoms with Crippen molar-refractivity contribution in [2.24, 2.45) is 0 Å². The molecule has 0 aromatic heterocycles. The van der Waals surface area contributed by atoms with E-state index < -0.39 is 11.5 Å². The van der Waals surface area contributed by atoms with Crippen LogP contribution >= 0.6 is 11.6 Å². The fourth-order valence-corrected chi connectivity index (χ4v) is 4.29. The van der Waals surface area contributed by atoms with E-state index >= 15 is 0 Å². The van der Waals surface area contributed by atoms with E-state index in [1.807, 2.05) is 12.1 Å². The summed E-state index contributed by atoms with van der Waals surface area (Å²) in [6.07, 6.45) is 1.65. The highest BCUT2D eigenvalue weighted by Gasteiger charge is 2.50. The van der Waals surface area contributed by atoms with Crippen LogP contribution in [-0.2, 0) is 16.8 Å². The zero-order valence-corrected chi connectivity index (χ0v) is 19.2. The molecule has 1 aliphatic heterocycles. The molecular formula is C27H26ClNO4. The van der Waals surface area contributed by atoms with Crippen molar-refractivity contribution in [1.82, 2.24) is 0 Å². The molecule has 33 heavy (non-hydrogen) atoms. The molecule has 1 heterocycles. The van der Waals surface area contributed by atoms with Gasteiger partial charge in [-0.1, -0.05) is 67.4 Å². The van der Waals surface area contributed by atoms with E-state index in [0.29, 0.717) is 27.6 Å². The van der Waals surface area contributed by atoms with Gasteiger partial charge in [-0.25, -0.2) is 0 Å². The molecular weight excluding hydrogens is 438 g/mol. The van der Waals surface area contributed by atoms with Crippen LogP contribution in [0.3, 0.4) is 0 Å². The molecule has 1 aliphatic rings. The molecule has 0 saturated carbocycles. The van der Waals surface area contributed by atoms with Gasteiger partial charge in [0.2, 0.25) is 0 Å². The fraction of sp³-hybridized carbons (Fsp3) is 0.259. The lowest BCUT2D eigenvalue weighted by molar-refractivity contribution is -0.135. The van der Waals surface area contributed by atoms with Gasteiger partial charge in [0.15, 0.2) is 11.4 Å². The second-order valence-corrected chi connectivity index (χ2v) is 8.62. The van der Waals surface area contributed by atoms with Gasteiger partial charge >= 0.3 is 0 Å². The summed E-state index contributed by atoms with van der Waals surface area (Å²) in [4.78, 5) is 27.8. The number of ether oxygens (including phenoxy) is 1. The predicted molar refractivity (Wildman–Crippen MR) is 129 cm³/mol. The summed E-state index contributed by atoms with van der Waals surface area (Å²) < 4.78 is 5.73. The Bertz CT molecular complexity index is 1140. The molecule has 0 saturated heterocycles. The number of hydrogen-bond acceptors (Lipinski definition) is 4. The minimum Gasteiger partial charge on any atom is -0.492 e. The van der Waals surface area contributed by atoms with Crippen LogP contribution in [0.4, 0.5) is 5.69 Å². The van der Waals surface area contributed by atoms with E-state index in [-0.39, 0.29) is 25.4 Å². The van der Waals surface area contributed by atoms with Gasteiger partial charge in [-0.2, -0.15) is 0 Å². The zero-order valence-electron chi connectivity index (χ0n) is 18.5. The number of rotatable bonds is 9. The summed E-state index contributed by atoms with van der Waals surface area (Å²) in [5.74, 6) is -0.154. The summed E-state index contributed by atoms with van der Waals surface area (Å²) in [7, 11) is 0. The van der Waals surface area contributed by atoms with Crippen LogP contribution < -0.4 is 9.64 Å². The van der Waals surface area contributed by atoms with Crippen molar-refractivity contribution in [2.75, 3.05) is 18.1 Å². The number of anilines is 1. The largest absolute Gasteiger partial charge is 0.492 e. The first-order valence-corrected chi connectivity index (χ1v) is 11.4. The lowest BCUT2D eigenvalue weighted by atomic mass is 9.88. The molecule has 1 unspecified atom stereocenters. The molecule has 1 amide bonds.